The summed E-state index contributed by atoms with van der Waals surface area (Å²) < 4.78 is 33.3. The Labute approximate surface area is 126 Å². The van der Waals surface area contributed by atoms with Crippen LogP contribution < -0.4 is 9.47 Å². The minimum absolute atomic E-state index is 0.0463. The molecule has 1 aromatic carbocycles. The van der Waals surface area contributed by atoms with Crippen molar-refractivity contribution in [3.8, 4) is 11.5 Å². The lowest BCUT2D eigenvalue weighted by Gasteiger charge is -2.12. The van der Waals surface area contributed by atoms with Gasteiger partial charge in [-0.2, -0.15) is 0 Å². The van der Waals surface area contributed by atoms with Crippen LogP contribution in [0.2, 0.25) is 0 Å². The summed E-state index contributed by atoms with van der Waals surface area (Å²) in [4.78, 5) is 9.63. The highest BCUT2D eigenvalue weighted by Crippen LogP contribution is 2.39. The summed E-state index contributed by atoms with van der Waals surface area (Å²) in [6, 6.07) is 1.93. The second-order valence-electron chi connectivity index (χ2n) is 3.95. The highest BCUT2D eigenvalue weighted by molar-refractivity contribution is 8.13. The zero-order valence-corrected chi connectivity index (χ0v) is 12.8. The molecule has 9 heteroatoms. The second-order valence-corrected chi connectivity index (χ2v) is 6.48. The number of hydrogen-bond acceptors (Lipinski definition) is 6. The average molecular weight is 336 g/mol. The molecular weight excluding hydrogens is 322 g/mol. The Morgan fingerprint density at radius 3 is 2.62 bits per heavy atom. The molecule has 0 saturated heterocycles. The molecule has 0 fully saturated rings. The van der Waals surface area contributed by atoms with E-state index in [0.717, 1.165) is 12.1 Å². The van der Waals surface area contributed by atoms with Crippen LogP contribution in [0.15, 0.2) is 29.7 Å². The van der Waals surface area contributed by atoms with Crippen molar-refractivity contribution in [2.45, 2.75) is 17.7 Å². The van der Waals surface area contributed by atoms with Crippen LogP contribution in [0.5, 0.6) is 11.5 Å². The third-order valence-corrected chi connectivity index (χ3v) is 3.82. The Morgan fingerprint density at radius 1 is 1.48 bits per heavy atom. The van der Waals surface area contributed by atoms with E-state index in [1.165, 1.54) is 7.11 Å². The van der Waals surface area contributed by atoms with E-state index in [1.807, 2.05) is 0 Å². The zero-order valence-electron chi connectivity index (χ0n) is 11.2. The van der Waals surface area contributed by atoms with Gasteiger partial charge in [-0.05, 0) is 12.8 Å². The first-order valence-electron chi connectivity index (χ1n) is 5.86. The van der Waals surface area contributed by atoms with Gasteiger partial charge in [0.2, 0.25) is 0 Å². The van der Waals surface area contributed by atoms with Gasteiger partial charge in [0.05, 0.1) is 24.7 Å². The van der Waals surface area contributed by atoms with Gasteiger partial charge >= 0.3 is 0 Å². The maximum atomic E-state index is 11.5. The number of methoxy groups -OCH3 is 1. The van der Waals surface area contributed by atoms with Crippen LogP contribution in [-0.2, 0) is 9.05 Å². The molecule has 0 N–H and O–H groups in total. The van der Waals surface area contributed by atoms with Crippen LogP contribution in [-0.4, -0.2) is 27.1 Å². The highest BCUT2D eigenvalue weighted by Gasteiger charge is 2.26. The molecule has 0 aliphatic carbocycles. The Hall–Kier alpha value is -1.80. The molecule has 21 heavy (non-hydrogen) atoms. The summed E-state index contributed by atoms with van der Waals surface area (Å²) in [5, 5.41) is 10.9. The molecular formula is C12H14ClNO6S. The third-order valence-electron chi connectivity index (χ3n) is 2.49. The Kier molecular flexibility index (Phi) is 5.98. The molecule has 0 unspecified atom stereocenters. The van der Waals surface area contributed by atoms with Crippen molar-refractivity contribution in [3.63, 3.8) is 0 Å². The van der Waals surface area contributed by atoms with Crippen LogP contribution in [0.3, 0.4) is 0 Å². The maximum Gasteiger partial charge on any atom is 0.274 e. The quantitative estimate of drug-likeness (QED) is 0.238. The lowest BCUT2D eigenvalue weighted by atomic mass is 10.2. The Balaban J connectivity index is 3.29. The maximum absolute atomic E-state index is 11.5. The molecule has 0 atom stereocenters. The molecule has 0 amide bonds. The molecule has 0 saturated carbocycles. The minimum atomic E-state index is -4.21. The average Bonchev–Trinajstić information content (AvgIpc) is 2.41. The van der Waals surface area contributed by atoms with Gasteiger partial charge in [-0.1, -0.05) is 6.08 Å². The highest BCUT2D eigenvalue weighted by atomic mass is 35.7. The first-order valence-corrected chi connectivity index (χ1v) is 8.17. The fraction of sp³-hybridized carbons (Fsp3) is 0.333. The molecule has 0 radical (unpaired) electrons. The SMILES string of the molecule is C=CCCCOc1cc([N+](=O)[O-])cc(S(=O)(=O)Cl)c1OC. The molecule has 0 aromatic heterocycles. The number of halogens is 1. The molecule has 1 aromatic rings. The smallest absolute Gasteiger partial charge is 0.274 e. The lowest BCUT2D eigenvalue weighted by molar-refractivity contribution is -0.385. The van der Waals surface area contributed by atoms with E-state index in [4.69, 9.17) is 20.2 Å². The fourth-order valence-electron chi connectivity index (χ4n) is 1.57. The number of non-ortho nitro benzene ring substituents is 1. The van der Waals surface area contributed by atoms with Crippen molar-refractivity contribution in [2.24, 2.45) is 0 Å². The van der Waals surface area contributed by atoms with Crippen molar-refractivity contribution < 1.29 is 22.8 Å². The molecule has 0 aliphatic heterocycles. The standard InChI is InChI=1S/C12H14ClNO6S/c1-3-4-5-6-20-10-7-9(14(15)16)8-11(12(10)19-2)21(13,17)18/h3,7-8H,1,4-6H2,2H3. The summed E-state index contributed by atoms with van der Waals surface area (Å²) in [6.45, 7) is 3.78. The third kappa shape index (κ3) is 4.61. The van der Waals surface area contributed by atoms with Crippen molar-refractivity contribution in [1.82, 2.24) is 0 Å². The van der Waals surface area contributed by atoms with Crippen molar-refractivity contribution >= 4 is 25.4 Å². The van der Waals surface area contributed by atoms with E-state index in [0.29, 0.717) is 12.8 Å². The van der Waals surface area contributed by atoms with Crippen LogP contribution in [0.25, 0.3) is 0 Å². The van der Waals surface area contributed by atoms with Crippen LogP contribution in [0.4, 0.5) is 5.69 Å². The normalized spacial score (nSPS) is 11.0. The molecule has 0 spiro atoms. The first kappa shape index (κ1) is 17.3. The summed E-state index contributed by atoms with van der Waals surface area (Å²) in [5.41, 5.74) is -0.450. The van der Waals surface area contributed by atoms with Gasteiger partial charge in [-0.15, -0.1) is 6.58 Å². The number of ether oxygens (including phenoxy) is 2. The van der Waals surface area contributed by atoms with E-state index in [2.05, 4.69) is 6.58 Å². The number of nitro benzene ring substituents is 1. The van der Waals surface area contributed by atoms with Gasteiger partial charge in [0.1, 0.15) is 4.90 Å². The molecule has 0 bridgehead atoms. The minimum Gasteiger partial charge on any atom is -0.492 e. The molecule has 1 rings (SSSR count). The van der Waals surface area contributed by atoms with Gasteiger partial charge in [0.15, 0.2) is 11.5 Å². The zero-order chi connectivity index (χ0) is 16.0. The van der Waals surface area contributed by atoms with Crippen molar-refractivity contribution in [2.75, 3.05) is 13.7 Å². The van der Waals surface area contributed by atoms with Gasteiger partial charge in [0.25, 0.3) is 14.7 Å². The number of nitro groups is 1. The van der Waals surface area contributed by atoms with E-state index in [-0.39, 0.29) is 18.1 Å². The van der Waals surface area contributed by atoms with E-state index >= 15 is 0 Å². The van der Waals surface area contributed by atoms with Crippen LogP contribution >= 0.6 is 10.7 Å². The summed E-state index contributed by atoms with van der Waals surface area (Å²) in [7, 11) is 2.29. The Morgan fingerprint density at radius 2 is 2.14 bits per heavy atom. The topological polar surface area (TPSA) is 95.7 Å². The lowest BCUT2D eigenvalue weighted by Crippen LogP contribution is -2.04. The van der Waals surface area contributed by atoms with Gasteiger partial charge < -0.3 is 9.47 Å². The predicted molar refractivity (Wildman–Crippen MR) is 77.6 cm³/mol. The van der Waals surface area contributed by atoms with Gasteiger partial charge in [-0.25, -0.2) is 8.42 Å². The monoisotopic (exact) mass is 335 g/mol. The Bertz CT molecular complexity index is 643. The van der Waals surface area contributed by atoms with Crippen LogP contribution in [0.1, 0.15) is 12.8 Å². The summed E-state index contributed by atoms with van der Waals surface area (Å²) in [6.07, 6.45) is 3.01. The summed E-state index contributed by atoms with van der Waals surface area (Å²) in [5.74, 6) is -0.204. The number of benzene rings is 1. The van der Waals surface area contributed by atoms with Gasteiger partial charge in [-0.3, -0.25) is 10.1 Å². The predicted octanol–water partition coefficient (Wildman–Crippen LogP) is 2.88. The van der Waals surface area contributed by atoms with Crippen molar-refractivity contribution in [3.05, 3.63) is 34.9 Å². The first-order chi connectivity index (χ1) is 9.81. The largest absolute Gasteiger partial charge is 0.492 e. The molecule has 0 heterocycles. The number of unbranched alkanes of at least 4 members (excludes halogenated alkanes) is 1. The molecule has 116 valence electrons. The van der Waals surface area contributed by atoms with E-state index < -0.39 is 24.6 Å². The molecule has 0 aliphatic rings. The fourth-order valence-corrected chi connectivity index (χ4v) is 2.58. The number of hydrogen-bond donors (Lipinski definition) is 0. The number of nitrogens with zero attached hydrogens (tertiary/aromatic N) is 1. The summed E-state index contributed by atoms with van der Waals surface area (Å²) >= 11 is 0. The van der Waals surface area contributed by atoms with Crippen LogP contribution in [0, 0.1) is 10.1 Å². The van der Waals surface area contributed by atoms with Gasteiger partial charge in [0, 0.05) is 16.7 Å². The number of rotatable bonds is 8. The number of allylic oxidation sites excluding steroid dienone is 1. The molecule has 7 nitrogen and oxygen atoms in total. The van der Waals surface area contributed by atoms with E-state index in [1.54, 1.807) is 6.08 Å². The van der Waals surface area contributed by atoms with E-state index in [9.17, 15) is 18.5 Å². The van der Waals surface area contributed by atoms with Crippen molar-refractivity contribution in [1.29, 1.82) is 0 Å². The second kappa shape index (κ2) is 7.28.